The molecule has 5 aromatic rings. The van der Waals surface area contributed by atoms with Gasteiger partial charge in [0, 0.05) is 5.39 Å². The molecule has 0 radical (unpaired) electrons. The number of ether oxygens (including phenoxy) is 2. The summed E-state index contributed by atoms with van der Waals surface area (Å²) in [4.78, 5) is 16.9. The van der Waals surface area contributed by atoms with Crippen molar-refractivity contribution in [1.82, 2.24) is 10.4 Å². The van der Waals surface area contributed by atoms with Crippen LogP contribution in [0.2, 0.25) is 0 Å². The molecule has 0 aliphatic heterocycles. The Morgan fingerprint density at radius 2 is 1.38 bits per heavy atom. The summed E-state index contributed by atoms with van der Waals surface area (Å²) >= 11 is 0. The lowest BCUT2D eigenvalue weighted by Gasteiger charge is -2.14. The van der Waals surface area contributed by atoms with E-state index < -0.39 is 0 Å². The molecule has 37 heavy (non-hydrogen) atoms. The summed E-state index contributed by atoms with van der Waals surface area (Å²) in [6.07, 6.45) is 1.56. The molecule has 0 aliphatic rings. The molecule has 1 aromatic heterocycles. The van der Waals surface area contributed by atoms with E-state index in [2.05, 4.69) is 15.5 Å². The van der Waals surface area contributed by atoms with Gasteiger partial charge >= 0.3 is 0 Å². The van der Waals surface area contributed by atoms with Crippen molar-refractivity contribution >= 4 is 23.0 Å². The number of nitrogens with zero attached hydrogens (tertiary/aromatic N) is 2. The average molecular weight is 488 g/mol. The van der Waals surface area contributed by atoms with Crippen molar-refractivity contribution < 1.29 is 14.3 Å². The van der Waals surface area contributed by atoms with E-state index in [-0.39, 0.29) is 5.91 Å². The predicted octanol–water partition coefficient (Wildman–Crippen LogP) is 6.16. The molecule has 0 bridgehead atoms. The van der Waals surface area contributed by atoms with Gasteiger partial charge in [-0.1, -0.05) is 84.9 Å². The van der Waals surface area contributed by atoms with E-state index in [1.54, 1.807) is 12.3 Å². The number of carbonyl (C=O) groups is 1. The number of hydrogen-bond acceptors (Lipinski definition) is 5. The molecule has 1 amide bonds. The topological polar surface area (TPSA) is 72.8 Å². The largest absolute Gasteiger partial charge is 0.485 e. The van der Waals surface area contributed by atoms with Crippen molar-refractivity contribution in [3.05, 3.63) is 138 Å². The van der Waals surface area contributed by atoms with Gasteiger partial charge in [0.15, 0.2) is 11.5 Å². The highest BCUT2D eigenvalue weighted by molar-refractivity contribution is 5.95. The number of benzene rings is 4. The van der Waals surface area contributed by atoms with Gasteiger partial charge in [-0.3, -0.25) is 4.79 Å². The summed E-state index contributed by atoms with van der Waals surface area (Å²) in [5, 5.41) is 5.09. The van der Waals surface area contributed by atoms with E-state index >= 15 is 0 Å². The van der Waals surface area contributed by atoms with Crippen LogP contribution in [0.25, 0.3) is 10.9 Å². The van der Waals surface area contributed by atoms with Crippen LogP contribution in [0.3, 0.4) is 0 Å². The monoisotopic (exact) mass is 487 g/mol. The van der Waals surface area contributed by atoms with Gasteiger partial charge in [-0.25, -0.2) is 10.4 Å². The van der Waals surface area contributed by atoms with Gasteiger partial charge < -0.3 is 9.47 Å². The number of rotatable bonds is 9. The first-order valence-corrected chi connectivity index (χ1v) is 11.9. The lowest BCUT2D eigenvalue weighted by molar-refractivity contribution is 0.0950. The number of fused-ring (bicyclic) bond motifs is 1. The van der Waals surface area contributed by atoms with Gasteiger partial charge in [-0.2, -0.15) is 5.10 Å². The Bertz CT molecular complexity index is 1520. The number of hydrazone groups is 1. The van der Waals surface area contributed by atoms with Gasteiger partial charge in [-0.05, 0) is 47.0 Å². The van der Waals surface area contributed by atoms with E-state index in [4.69, 9.17) is 9.47 Å². The maximum atomic E-state index is 12.5. The zero-order valence-electron chi connectivity index (χ0n) is 20.1. The van der Waals surface area contributed by atoms with Gasteiger partial charge in [0.1, 0.15) is 18.9 Å². The first-order valence-electron chi connectivity index (χ1n) is 11.9. The second kappa shape index (κ2) is 11.6. The molecule has 0 spiro atoms. The highest BCUT2D eigenvalue weighted by Crippen LogP contribution is 2.29. The first-order chi connectivity index (χ1) is 18.2. The Hall–Kier alpha value is -4.97. The number of para-hydroxylation sites is 1. The molecule has 0 saturated heterocycles. The number of nitrogens with one attached hydrogen (secondary N) is 1. The van der Waals surface area contributed by atoms with E-state index in [0.29, 0.717) is 30.4 Å². The molecule has 0 atom stereocenters. The lowest BCUT2D eigenvalue weighted by Crippen LogP contribution is -2.18. The van der Waals surface area contributed by atoms with Gasteiger partial charge in [0.05, 0.1) is 11.7 Å². The van der Waals surface area contributed by atoms with Crippen LogP contribution in [0.5, 0.6) is 11.5 Å². The molecule has 0 saturated carbocycles. The second-order valence-corrected chi connectivity index (χ2v) is 8.34. The molecule has 0 aliphatic carbocycles. The van der Waals surface area contributed by atoms with E-state index in [0.717, 1.165) is 27.6 Å². The molecule has 5 rings (SSSR count). The molecular formula is C31H25N3O3. The molecule has 6 nitrogen and oxygen atoms in total. The maximum Gasteiger partial charge on any atom is 0.289 e. The third-order valence-electron chi connectivity index (χ3n) is 5.65. The van der Waals surface area contributed by atoms with Crippen LogP contribution in [0.15, 0.2) is 120 Å². The van der Waals surface area contributed by atoms with Crippen molar-refractivity contribution in [3.8, 4) is 11.5 Å². The standard InChI is InChI=1S/C31H25N3O3/c35-31(28-17-16-26-13-7-8-14-27(26)33-28)34-32-20-25-15-18-29(36-21-23-9-3-1-4-10-23)30(19-25)37-22-24-11-5-2-6-12-24/h1-20H,21-22H2,(H,34,35). The van der Waals surface area contributed by atoms with Crippen LogP contribution in [0.4, 0.5) is 0 Å². The highest BCUT2D eigenvalue weighted by Gasteiger charge is 2.09. The fourth-order valence-corrected chi connectivity index (χ4v) is 3.72. The van der Waals surface area contributed by atoms with Crippen molar-refractivity contribution in [2.24, 2.45) is 5.10 Å². The minimum atomic E-state index is -0.384. The van der Waals surface area contributed by atoms with Crippen LogP contribution in [0.1, 0.15) is 27.2 Å². The Balaban J connectivity index is 1.29. The van der Waals surface area contributed by atoms with E-state index in [9.17, 15) is 4.79 Å². The minimum absolute atomic E-state index is 0.299. The summed E-state index contributed by atoms with van der Waals surface area (Å²) in [6, 6.07) is 36.6. The Morgan fingerprint density at radius 3 is 2.11 bits per heavy atom. The molecule has 0 fully saturated rings. The van der Waals surface area contributed by atoms with Crippen LogP contribution < -0.4 is 14.9 Å². The van der Waals surface area contributed by atoms with Crippen LogP contribution in [0, 0.1) is 0 Å². The number of hydrogen-bond donors (Lipinski definition) is 1. The van der Waals surface area contributed by atoms with Crippen molar-refractivity contribution in [3.63, 3.8) is 0 Å². The molecule has 0 unspecified atom stereocenters. The summed E-state index contributed by atoms with van der Waals surface area (Å²) in [5.41, 5.74) is 6.46. The Kier molecular flexibility index (Phi) is 7.47. The third kappa shape index (κ3) is 6.38. The molecular weight excluding hydrogens is 462 g/mol. The summed E-state index contributed by atoms with van der Waals surface area (Å²) in [6.45, 7) is 0.818. The molecule has 4 aromatic carbocycles. The van der Waals surface area contributed by atoms with Gasteiger partial charge in [-0.15, -0.1) is 0 Å². The second-order valence-electron chi connectivity index (χ2n) is 8.34. The van der Waals surface area contributed by atoms with Crippen molar-refractivity contribution in [2.75, 3.05) is 0 Å². The summed E-state index contributed by atoms with van der Waals surface area (Å²) in [7, 11) is 0. The van der Waals surface area contributed by atoms with Crippen LogP contribution in [-0.4, -0.2) is 17.1 Å². The normalized spacial score (nSPS) is 10.9. The van der Waals surface area contributed by atoms with Crippen molar-refractivity contribution in [2.45, 2.75) is 13.2 Å². The zero-order valence-corrected chi connectivity index (χ0v) is 20.1. The number of carbonyl (C=O) groups excluding carboxylic acids is 1. The zero-order chi connectivity index (χ0) is 25.3. The van der Waals surface area contributed by atoms with E-state index in [1.807, 2.05) is 109 Å². The first kappa shape index (κ1) is 23.8. The van der Waals surface area contributed by atoms with Crippen molar-refractivity contribution in [1.29, 1.82) is 0 Å². The quantitative estimate of drug-likeness (QED) is 0.200. The minimum Gasteiger partial charge on any atom is -0.485 e. The molecule has 1 N–H and O–H groups in total. The van der Waals surface area contributed by atoms with Crippen LogP contribution >= 0.6 is 0 Å². The van der Waals surface area contributed by atoms with E-state index in [1.165, 1.54) is 0 Å². The maximum absolute atomic E-state index is 12.5. The summed E-state index contributed by atoms with van der Waals surface area (Å²) in [5.74, 6) is 0.831. The van der Waals surface area contributed by atoms with Gasteiger partial charge in [0.25, 0.3) is 5.91 Å². The molecule has 6 heteroatoms. The van der Waals surface area contributed by atoms with Gasteiger partial charge in [0.2, 0.25) is 0 Å². The fourth-order valence-electron chi connectivity index (χ4n) is 3.72. The Labute approximate surface area is 215 Å². The number of aromatic nitrogens is 1. The third-order valence-corrected chi connectivity index (χ3v) is 5.65. The highest BCUT2D eigenvalue weighted by atomic mass is 16.5. The SMILES string of the molecule is O=C(NN=Cc1ccc(OCc2ccccc2)c(OCc2ccccc2)c1)c1ccc2ccccc2n1. The molecule has 1 heterocycles. The lowest BCUT2D eigenvalue weighted by atomic mass is 10.2. The average Bonchev–Trinajstić information content (AvgIpc) is 2.96. The number of amides is 1. The predicted molar refractivity (Wildman–Crippen MR) is 145 cm³/mol. The molecule has 182 valence electrons. The smallest absolute Gasteiger partial charge is 0.289 e. The fraction of sp³-hybridized carbons (Fsp3) is 0.0645. The van der Waals surface area contributed by atoms with Crippen LogP contribution in [-0.2, 0) is 13.2 Å². The Morgan fingerprint density at radius 1 is 0.730 bits per heavy atom. The number of pyridine rings is 1. The summed E-state index contributed by atoms with van der Waals surface area (Å²) < 4.78 is 12.2.